The smallest absolute Gasteiger partial charge is 0.344 e. The Labute approximate surface area is 111 Å². The highest BCUT2D eigenvalue weighted by Crippen LogP contribution is 2.21. The van der Waals surface area contributed by atoms with Crippen molar-refractivity contribution in [3.8, 4) is 0 Å². The van der Waals surface area contributed by atoms with Gasteiger partial charge in [-0.15, -0.1) is 10.2 Å². The largest absolute Gasteiger partial charge is 0.449 e. The first kappa shape index (κ1) is 14.0. The van der Waals surface area contributed by atoms with Crippen LogP contribution in [0.3, 0.4) is 0 Å². The van der Waals surface area contributed by atoms with Gasteiger partial charge in [-0.1, -0.05) is 0 Å². The predicted octanol–water partition coefficient (Wildman–Crippen LogP) is 2.71. The fourth-order valence-electron chi connectivity index (χ4n) is 1.48. The molecule has 1 atom stereocenters. The second kappa shape index (κ2) is 5.32. The van der Waals surface area contributed by atoms with Crippen LogP contribution in [0.15, 0.2) is 16.5 Å². The van der Waals surface area contributed by atoms with Gasteiger partial charge in [0.25, 0.3) is 5.89 Å². The van der Waals surface area contributed by atoms with E-state index in [1.807, 2.05) is 0 Å². The zero-order chi connectivity index (χ0) is 14.9. The summed E-state index contributed by atoms with van der Waals surface area (Å²) in [5, 5.41) is 7.14. The van der Waals surface area contributed by atoms with Gasteiger partial charge < -0.3 is 9.15 Å². The number of halogens is 3. The van der Waals surface area contributed by atoms with E-state index in [2.05, 4.69) is 10.2 Å². The summed E-state index contributed by atoms with van der Waals surface area (Å²) in [6.07, 6.45) is -0.993. The molecule has 2 rings (SSSR count). The third kappa shape index (κ3) is 2.79. The average molecular weight is 286 g/mol. The lowest BCUT2D eigenvalue weighted by Gasteiger charge is -2.10. The van der Waals surface area contributed by atoms with Crippen molar-refractivity contribution in [1.82, 2.24) is 10.2 Å². The molecule has 0 aliphatic heterocycles. The molecule has 2 aromatic rings. The van der Waals surface area contributed by atoms with Crippen LogP contribution in [0.1, 0.15) is 35.2 Å². The highest BCUT2D eigenvalue weighted by atomic mass is 19.1. The number of esters is 1. The Morgan fingerprint density at radius 3 is 2.35 bits per heavy atom. The van der Waals surface area contributed by atoms with Crippen LogP contribution in [-0.2, 0) is 4.74 Å². The average Bonchev–Trinajstić information content (AvgIpc) is 2.74. The molecule has 0 unspecified atom stereocenters. The first-order valence-corrected chi connectivity index (χ1v) is 5.54. The molecule has 0 amide bonds. The Bertz CT molecular complexity index is 634. The van der Waals surface area contributed by atoms with Crippen LogP contribution < -0.4 is 0 Å². The van der Waals surface area contributed by atoms with E-state index in [1.165, 1.54) is 13.8 Å². The van der Waals surface area contributed by atoms with Gasteiger partial charge in [0.15, 0.2) is 6.10 Å². The number of nitrogens with zero attached hydrogens (tertiary/aromatic N) is 2. The van der Waals surface area contributed by atoms with E-state index in [4.69, 9.17) is 9.15 Å². The number of rotatable bonds is 3. The highest BCUT2D eigenvalue weighted by molar-refractivity contribution is 5.90. The van der Waals surface area contributed by atoms with Crippen molar-refractivity contribution in [3.05, 3.63) is 46.9 Å². The normalized spacial score (nSPS) is 12.2. The number of hydrogen-bond donors (Lipinski definition) is 0. The van der Waals surface area contributed by atoms with E-state index < -0.39 is 35.1 Å². The maximum absolute atomic E-state index is 13.4. The van der Waals surface area contributed by atoms with Crippen molar-refractivity contribution in [2.75, 3.05) is 0 Å². The number of ether oxygens (including phenoxy) is 1. The molecule has 1 heterocycles. The van der Waals surface area contributed by atoms with Crippen LogP contribution >= 0.6 is 0 Å². The standard InChI is InChI=1S/C12H9F3N2O3/c1-5(11-17-16-6(2)20-11)19-12(18)10-8(14)3-7(13)4-9(10)15/h3-5H,1-2H3/t5-/m0/s1. The molecule has 0 N–H and O–H groups in total. The third-order valence-corrected chi connectivity index (χ3v) is 2.38. The molecule has 0 saturated carbocycles. The quantitative estimate of drug-likeness (QED) is 0.812. The van der Waals surface area contributed by atoms with Crippen molar-refractivity contribution in [2.45, 2.75) is 20.0 Å². The van der Waals surface area contributed by atoms with Gasteiger partial charge in [-0.25, -0.2) is 18.0 Å². The van der Waals surface area contributed by atoms with E-state index in [-0.39, 0.29) is 11.8 Å². The fourth-order valence-corrected chi connectivity index (χ4v) is 1.48. The lowest BCUT2D eigenvalue weighted by atomic mass is 10.2. The van der Waals surface area contributed by atoms with Gasteiger partial charge in [0.1, 0.15) is 23.0 Å². The lowest BCUT2D eigenvalue weighted by molar-refractivity contribution is 0.0266. The molecule has 20 heavy (non-hydrogen) atoms. The monoisotopic (exact) mass is 286 g/mol. The minimum atomic E-state index is -1.35. The molecule has 5 nitrogen and oxygen atoms in total. The van der Waals surface area contributed by atoms with Crippen LogP contribution in [0.5, 0.6) is 0 Å². The van der Waals surface area contributed by atoms with E-state index in [9.17, 15) is 18.0 Å². The number of carbonyl (C=O) groups excluding carboxylic acids is 1. The number of aryl methyl sites for hydroxylation is 1. The van der Waals surface area contributed by atoms with Gasteiger partial charge in [-0.3, -0.25) is 0 Å². The zero-order valence-electron chi connectivity index (χ0n) is 10.5. The molecule has 0 spiro atoms. The second-order valence-electron chi connectivity index (χ2n) is 3.95. The molecule has 0 aliphatic carbocycles. The molecule has 1 aromatic heterocycles. The maximum atomic E-state index is 13.4. The number of aromatic nitrogens is 2. The molecule has 0 fully saturated rings. The Kier molecular flexibility index (Phi) is 3.73. The summed E-state index contributed by atoms with van der Waals surface area (Å²) in [5.74, 6) is -4.87. The number of hydrogen-bond acceptors (Lipinski definition) is 5. The zero-order valence-corrected chi connectivity index (χ0v) is 10.5. The lowest BCUT2D eigenvalue weighted by Crippen LogP contribution is -2.13. The van der Waals surface area contributed by atoms with Crippen LogP contribution in [0.4, 0.5) is 13.2 Å². The summed E-state index contributed by atoms with van der Waals surface area (Å²) >= 11 is 0. The highest BCUT2D eigenvalue weighted by Gasteiger charge is 2.24. The molecule has 106 valence electrons. The molecular weight excluding hydrogens is 277 g/mol. The number of carbonyl (C=O) groups is 1. The summed E-state index contributed by atoms with van der Waals surface area (Å²) in [6.45, 7) is 2.93. The van der Waals surface area contributed by atoms with Crippen LogP contribution in [0.25, 0.3) is 0 Å². The van der Waals surface area contributed by atoms with Gasteiger partial charge in [0, 0.05) is 19.1 Å². The minimum Gasteiger partial charge on any atom is -0.449 e. The van der Waals surface area contributed by atoms with Gasteiger partial charge in [0.2, 0.25) is 5.89 Å². The van der Waals surface area contributed by atoms with Gasteiger partial charge in [-0.2, -0.15) is 0 Å². The molecule has 0 bridgehead atoms. The van der Waals surface area contributed by atoms with Crippen molar-refractivity contribution >= 4 is 5.97 Å². The summed E-state index contributed by atoms with van der Waals surface area (Å²) in [5.41, 5.74) is -0.977. The van der Waals surface area contributed by atoms with Crippen molar-refractivity contribution in [2.24, 2.45) is 0 Å². The van der Waals surface area contributed by atoms with Crippen molar-refractivity contribution < 1.29 is 27.1 Å². The molecule has 8 heteroatoms. The van der Waals surface area contributed by atoms with Gasteiger partial charge in [-0.05, 0) is 6.92 Å². The summed E-state index contributed by atoms with van der Waals surface area (Å²) in [6, 6.07) is 0.780. The predicted molar refractivity (Wildman–Crippen MR) is 59.2 cm³/mol. The first-order chi connectivity index (χ1) is 9.38. The van der Waals surface area contributed by atoms with Gasteiger partial charge in [0.05, 0.1) is 0 Å². The SMILES string of the molecule is Cc1nnc([C@H](C)OC(=O)c2c(F)cc(F)cc2F)o1. The number of benzene rings is 1. The molecule has 0 saturated heterocycles. The summed E-state index contributed by atoms with van der Waals surface area (Å²) in [7, 11) is 0. The topological polar surface area (TPSA) is 65.2 Å². The van der Waals surface area contributed by atoms with Crippen LogP contribution in [0.2, 0.25) is 0 Å². The Balaban J connectivity index is 2.20. The molecular formula is C12H9F3N2O3. The Hall–Kier alpha value is -2.38. The van der Waals surface area contributed by atoms with Crippen molar-refractivity contribution in [3.63, 3.8) is 0 Å². The molecule has 1 aromatic carbocycles. The van der Waals surface area contributed by atoms with E-state index in [1.54, 1.807) is 0 Å². The summed E-state index contributed by atoms with van der Waals surface area (Å²) in [4.78, 5) is 11.7. The summed E-state index contributed by atoms with van der Waals surface area (Å²) < 4.78 is 49.3. The van der Waals surface area contributed by atoms with Crippen molar-refractivity contribution in [1.29, 1.82) is 0 Å². The molecule has 0 radical (unpaired) electrons. The minimum absolute atomic E-state index is 0.0150. The Morgan fingerprint density at radius 2 is 1.85 bits per heavy atom. The van der Waals surface area contributed by atoms with E-state index in [0.717, 1.165) is 0 Å². The van der Waals surface area contributed by atoms with E-state index >= 15 is 0 Å². The second-order valence-corrected chi connectivity index (χ2v) is 3.95. The third-order valence-electron chi connectivity index (χ3n) is 2.38. The fraction of sp³-hybridized carbons (Fsp3) is 0.250. The van der Waals surface area contributed by atoms with E-state index in [0.29, 0.717) is 12.1 Å². The van der Waals surface area contributed by atoms with Crippen LogP contribution in [-0.4, -0.2) is 16.2 Å². The first-order valence-electron chi connectivity index (χ1n) is 5.54. The maximum Gasteiger partial charge on any atom is 0.344 e. The molecule has 0 aliphatic rings. The van der Waals surface area contributed by atoms with Crippen LogP contribution in [0, 0.1) is 24.4 Å². The Morgan fingerprint density at radius 1 is 1.25 bits per heavy atom. The van der Waals surface area contributed by atoms with Gasteiger partial charge >= 0.3 is 5.97 Å².